The van der Waals surface area contributed by atoms with Gasteiger partial charge in [-0.15, -0.1) is 0 Å². The van der Waals surface area contributed by atoms with Crippen molar-refractivity contribution in [2.75, 3.05) is 0 Å². The third-order valence-corrected chi connectivity index (χ3v) is 2.51. The maximum Gasteiger partial charge on any atom is 0.417 e. The molecule has 0 bridgehead atoms. The molecule has 2 rings (SSSR count). The van der Waals surface area contributed by atoms with E-state index in [0.717, 1.165) is 10.7 Å². The number of aromatic nitrogens is 3. The van der Waals surface area contributed by atoms with Gasteiger partial charge < -0.3 is 0 Å². The fourth-order valence-corrected chi connectivity index (χ4v) is 1.61. The summed E-state index contributed by atoms with van der Waals surface area (Å²) in [5.74, 6) is 0.0506. The predicted octanol–water partition coefficient (Wildman–Crippen LogP) is 3.59. The first-order chi connectivity index (χ1) is 7.89. The van der Waals surface area contributed by atoms with Gasteiger partial charge in [-0.3, -0.25) is 0 Å². The van der Waals surface area contributed by atoms with Crippen LogP contribution < -0.4 is 0 Å². The maximum atomic E-state index is 12.4. The molecule has 0 spiro atoms. The van der Waals surface area contributed by atoms with E-state index in [4.69, 9.17) is 23.2 Å². The highest BCUT2D eigenvalue weighted by molar-refractivity contribution is 6.33. The number of halogens is 5. The summed E-state index contributed by atoms with van der Waals surface area (Å²) in [5, 5.41) is 3.83. The average Bonchev–Trinajstić information content (AvgIpc) is 2.63. The minimum Gasteiger partial charge on any atom is -0.235 e. The van der Waals surface area contributed by atoms with Crippen LogP contribution in [-0.2, 0) is 6.18 Å². The zero-order valence-corrected chi connectivity index (χ0v) is 9.55. The molecule has 0 radical (unpaired) electrons. The van der Waals surface area contributed by atoms with Crippen molar-refractivity contribution < 1.29 is 13.2 Å². The molecular weight excluding hydrogens is 278 g/mol. The summed E-state index contributed by atoms with van der Waals surface area (Å²) in [6.07, 6.45) is -2.42. The molecule has 8 heteroatoms. The molecule has 0 aromatic carbocycles. The molecule has 0 aliphatic carbocycles. The predicted molar refractivity (Wildman–Crippen MR) is 56.4 cm³/mol. The van der Waals surface area contributed by atoms with E-state index >= 15 is 0 Å². The Hall–Kier alpha value is -1.27. The van der Waals surface area contributed by atoms with E-state index in [2.05, 4.69) is 10.1 Å². The third kappa shape index (κ3) is 2.37. The minimum absolute atomic E-state index is 0.0506. The van der Waals surface area contributed by atoms with Gasteiger partial charge in [0.1, 0.15) is 5.15 Å². The van der Waals surface area contributed by atoms with Crippen LogP contribution in [0.25, 0.3) is 5.82 Å². The van der Waals surface area contributed by atoms with Gasteiger partial charge in [-0.1, -0.05) is 23.2 Å². The van der Waals surface area contributed by atoms with E-state index in [1.165, 1.54) is 12.3 Å². The Kier molecular flexibility index (Phi) is 3.01. The molecule has 0 atom stereocenters. The molecule has 2 aromatic rings. The number of hydrogen-bond donors (Lipinski definition) is 0. The Morgan fingerprint density at radius 1 is 1.24 bits per heavy atom. The Balaban J connectivity index is 2.50. The Labute approximate surface area is 104 Å². The summed E-state index contributed by atoms with van der Waals surface area (Å²) >= 11 is 11.5. The Morgan fingerprint density at radius 2 is 1.94 bits per heavy atom. The molecule has 17 heavy (non-hydrogen) atoms. The van der Waals surface area contributed by atoms with Crippen LogP contribution in [0.5, 0.6) is 0 Å². The van der Waals surface area contributed by atoms with Crippen LogP contribution in [0.4, 0.5) is 13.2 Å². The molecule has 0 saturated heterocycles. The lowest BCUT2D eigenvalue weighted by Crippen LogP contribution is -2.08. The molecule has 0 aliphatic rings. The first-order valence-corrected chi connectivity index (χ1v) is 5.08. The summed E-state index contributed by atoms with van der Waals surface area (Å²) in [4.78, 5) is 3.61. The lowest BCUT2D eigenvalue weighted by Gasteiger charge is -2.09. The van der Waals surface area contributed by atoms with Crippen LogP contribution in [0.2, 0.25) is 10.2 Å². The van der Waals surface area contributed by atoms with E-state index in [1.807, 2.05) is 0 Å². The zero-order chi connectivity index (χ0) is 12.6. The van der Waals surface area contributed by atoms with Gasteiger partial charge in [0.05, 0.1) is 16.8 Å². The Bertz CT molecular complexity index is 551. The van der Waals surface area contributed by atoms with Gasteiger partial charge >= 0.3 is 6.18 Å². The fourth-order valence-electron chi connectivity index (χ4n) is 1.18. The van der Waals surface area contributed by atoms with E-state index in [1.54, 1.807) is 0 Å². The third-order valence-electron chi connectivity index (χ3n) is 1.95. The molecule has 0 N–H and O–H groups in total. The van der Waals surface area contributed by atoms with Crippen molar-refractivity contribution in [1.82, 2.24) is 14.8 Å². The van der Waals surface area contributed by atoms with Gasteiger partial charge in [-0.2, -0.15) is 18.3 Å². The Morgan fingerprint density at radius 3 is 2.41 bits per heavy atom. The largest absolute Gasteiger partial charge is 0.417 e. The summed E-state index contributed by atoms with van der Waals surface area (Å²) < 4.78 is 38.3. The van der Waals surface area contributed by atoms with E-state index < -0.39 is 11.7 Å². The van der Waals surface area contributed by atoms with E-state index in [9.17, 15) is 13.2 Å². The molecule has 0 amide bonds. The molecular formula is C9H4Cl2F3N3. The van der Waals surface area contributed by atoms with Gasteiger partial charge in [0.2, 0.25) is 0 Å². The van der Waals surface area contributed by atoms with Gasteiger partial charge in [-0.05, 0) is 12.1 Å². The first-order valence-electron chi connectivity index (χ1n) is 4.32. The topological polar surface area (TPSA) is 30.7 Å². The standard InChI is InChI=1S/C9H4Cl2F3N3/c10-6-3-5(9(12,13)14)4-15-8(6)17-7(11)1-2-16-17/h1-4H. The highest BCUT2D eigenvalue weighted by Crippen LogP contribution is 2.32. The number of hydrogen-bond acceptors (Lipinski definition) is 2. The summed E-state index contributed by atoms with van der Waals surface area (Å²) in [5.41, 5.74) is -0.922. The van der Waals surface area contributed by atoms with Crippen LogP contribution >= 0.6 is 23.2 Å². The summed E-state index contributed by atoms with van der Waals surface area (Å²) in [6, 6.07) is 2.25. The number of pyridine rings is 1. The highest BCUT2D eigenvalue weighted by atomic mass is 35.5. The highest BCUT2D eigenvalue weighted by Gasteiger charge is 2.31. The minimum atomic E-state index is -4.48. The quantitative estimate of drug-likeness (QED) is 0.800. The molecule has 2 heterocycles. The molecule has 0 fully saturated rings. The lowest BCUT2D eigenvalue weighted by molar-refractivity contribution is -0.137. The zero-order valence-electron chi connectivity index (χ0n) is 8.04. The van der Waals surface area contributed by atoms with Crippen LogP contribution in [-0.4, -0.2) is 14.8 Å². The van der Waals surface area contributed by atoms with Crippen LogP contribution in [0, 0.1) is 0 Å². The molecule has 90 valence electrons. The molecule has 0 saturated carbocycles. The van der Waals surface area contributed by atoms with Crippen molar-refractivity contribution in [3.8, 4) is 5.82 Å². The van der Waals surface area contributed by atoms with Crippen LogP contribution in [0.1, 0.15) is 5.56 Å². The normalized spacial score (nSPS) is 11.8. The number of alkyl halides is 3. The van der Waals surface area contributed by atoms with Gasteiger partial charge in [0.15, 0.2) is 5.82 Å². The average molecular weight is 282 g/mol. The second kappa shape index (κ2) is 4.19. The van der Waals surface area contributed by atoms with Crippen molar-refractivity contribution in [2.45, 2.75) is 6.18 Å². The van der Waals surface area contributed by atoms with Gasteiger partial charge in [-0.25, -0.2) is 9.67 Å². The van der Waals surface area contributed by atoms with Crippen LogP contribution in [0.3, 0.4) is 0 Å². The van der Waals surface area contributed by atoms with Gasteiger partial charge in [0, 0.05) is 6.20 Å². The number of nitrogens with zero attached hydrogens (tertiary/aromatic N) is 3. The van der Waals surface area contributed by atoms with Crippen molar-refractivity contribution in [3.05, 3.63) is 40.3 Å². The monoisotopic (exact) mass is 281 g/mol. The smallest absolute Gasteiger partial charge is 0.235 e. The van der Waals surface area contributed by atoms with Crippen molar-refractivity contribution in [1.29, 1.82) is 0 Å². The number of rotatable bonds is 1. The summed E-state index contributed by atoms with van der Waals surface area (Å²) in [6.45, 7) is 0. The van der Waals surface area contributed by atoms with E-state index in [0.29, 0.717) is 6.20 Å². The van der Waals surface area contributed by atoms with Crippen LogP contribution in [0.15, 0.2) is 24.5 Å². The van der Waals surface area contributed by atoms with Crippen molar-refractivity contribution in [2.24, 2.45) is 0 Å². The first kappa shape index (κ1) is 12.2. The fraction of sp³-hybridized carbons (Fsp3) is 0.111. The van der Waals surface area contributed by atoms with Crippen molar-refractivity contribution in [3.63, 3.8) is 0 Å². The molecule has 3 nitrogen and oxygen atoms in total. The van der Waals surface area contributed by atoms with Crippen molar-refractivity contribution >= 4 is 23.2 Å². The SMILES string of the molecule is FC(F)(F)c1cnc(-n2nccc2Cl)c(Cl)c1. The van der Waals surface area contributed by atoms with Gasteiger partial charge in [0.25, 0.3) is 0 Å². The molecule has 0 aliphatic heterocycles. The molecule has 2 aromatic heterocycles. The summed E-state index contributed by atoms with van der Waals surface area (Å²) in [7, 11) is 0. The maximum absolute atomic E-state index is 12.4. The molecule has 0 unspecified atom stereocenters. The second-order valence-corrected chi connectivity index (χ2v) is 3.89. The lowest BCUT2D eigenvalue weighted by atomic mass is 10.3. The van der Waals surface area contributed by atoms with E-state index in [-0.39, 0.29) is 16.0 Å². The second-order valence-electron chi connectivity index (χ2n) is 3.09.